The van der Waals surface area contributed by atoms with Crippen LogP contribution in [0.15, 0.2) is 84.9 Å². The maximum absolute atomic E-state index is 8.33. The SMILES string of the molecule is O=C([O-])[O-].[K+].[K+].c1ccc2c(-c3cccc4ccccc34)cccc2c1. The van der Waals surface area contributed by atoms with Crippen LogP contribution in [-0.4, -0.2) is 6.16 Å². The Balaban J connectivity index is 0.000000516. The van der Waals surface area contributed by atoms with Gasteiger partial charge in [-0.25, -0.2) is 0 Å². The van der Waals surface area contributed by atoms with E-state index in [0.717, 1.165) is 0 Å². The zero-order chi connectivity index (χ0) is 16.9. The summed E-state index contributed by atoms with van der Waals surface area (Å²) in [7, 11) is 0. The second kappa shape index (κ2) is 11.7. The Morgan fingerprint density at radius 2 is 0.846 bits per heavy atom. The maximum atomic E-state index is 8.33. The van der Waals surface area contributed by atoms with Gasteiger partial charge in [0.05, 0.1) is 0 Å². The van der Waals surface area contributed by atoms with Crippen LogP contribution in [0.4, 0.5) is 4.79 Å². The molecule has 0 radical (unpaired) electrons. The molecule has 0 heterocycles. The predicted molar refractivity (Wildman–Crippen MR) is 92.3 cm³/mol. The van der Waals surface area contributed by atoms with Crippen LogP contribution < -0.4 is 113 Å². The first-order chi connectivity index (χ1) is 11.7. The Labute approximate surface area is 237 Å². The molecule has 0 atom stereocenters. The van der Waals surface area contributed by atoms with E-state index < -0.39 is 6.16 Å². The molecule has 118 valence electrons. The van der Waals surface area contributed by atoms with Crippen molar-refractivity contribution in [2.75, 3.05) is 0 Å². The first-order valence-electron chi connectivity index (χ1n) is 7.51. The number of hydrogen-bond acceptors (Lipinski definition) is 3. The van der Waals surface area contributed by atoms with E-state index in [1.54, 1.807) is 0 Å². The summed E-state index contributed by atoms with van der Waals surface area (Å²) in [5.74, 6) is 0. The van der Waals surface area contributed by atoms with Gasteiger partial charge in [0.1, 0.15) is 0 Å². The smallest absolute Gasteiger partial charge is 0.652 e. The summed E-state index contributed by atoms with van der Waals surface area (Å²) >= 11 is 0. The fourth-order valence-corrected chi connectivity index (χ4v) is 2.92. The average molecular weight is 393 g/mol. The molecule has 3 nitrogen and oxygen atoms in total. The fourth-order valence-electron chi connectivity index (χ4n) is 2.92. The Bertz CT molecular complexity index is 924. The van der Waals surface area contributed by atoms with Crippen LogP contribution >= 0.6 is 0 Å². The molecule has 4 aromatic carbocycles. The molecule has 4 aromatic rings. The summed E-state index contributed by atoms with van der Waals surface area (Å²) in [4.78, 5) is 8.33. The summed E-state index contributed by atoms with van der Waals surface area (Å²) in [5, 5.41) is 21.9. The van der Waals surface area contributed by atoms with Gasteiger partial charge in [-0.05, 0) is 38.8 Å². The van der Waals surface area contributed by atoms with E-state index in [1.807, 2.05) is 0 Å². The van der Waals surface area contributed by atoms with Gasteiger partial charge in [0.25, 0.3) is 0 Å². The van der Waals surface area contributed by atoms with Gasteiger partial charge < -0.3 is 15.0 Å². The molecule has 0 spiro atoms. The minimum Gasteiger partial charge on any atom is -0.652 e. The molecule has 0 saturated carbocycles. The number of carbonyl (C=O) groups excluding carboxylic acids is 1. The standard InChI is InChI=1S/C20H14.CH2O3.2K/c1-3-11-17-15(7-1)9-5-13-19(17)20-14-6-10-16-8-2-4-12-18(16)20;2-1(3)4;;/h1-14H;(H2,2,3,4);;/q;;2*+1/p-2. The van der Waals surface area contributed by atoms with Crippen LogP contribution in [-0.2, 0) is 0 Å². The molecule has 0 aromatic heterocycles. The Morgan fingerprint density at radius 3 is 1.23 bits per heavy atom. The molecule has 0 fully saturated rings. The maximum Gasteiger partial charge on any atom is 1.00 e. The van der Waals surface area contributed by atoms with Crippen LogP contribution in [0.3, 0.4) is 0 Å². The molecule has 26 heavy (non-hydrogen) atoms. The van der Waals surface area contributed by atoms with Crippen LogP contribution in [0, 0.1) is 0 Å². The third kappa shape index (κ3) is 5.97. The van der Waals surface area contributed by atoms with Crippen molar-refractivity contribution in [3.05, 3.63) is 84.9 Å². The molecule has 0 unspecified atom stereocenters. The number of carbonyl (C=O) groups is 1. The monoisotopic (exact) mass is 392 g/mol. The van der Waals surface area contributed by atoms with Crippen molar-refractivity contribution in [2.24, 2.45) is 0 Å². The summed E-state index contributed by atoms with van der Waals surface area (Å²) in [6.45, 7) is 0. The van der Waals surface area contributed by atoms with E-state index in [-0.39, 0.29) is 103 Å². The van der Waals surface area contributed by atoms with Gasteiger partial charge in [0.15, 0.2) is 0 Å². The third-order valence-electron chi connectivity index (χ3n) is 3.87. The summed E-state index contributed by atoms with van der Waals surface area (Å²) < 4.78 is 0. The second-order valence-electron chi connectivity index (χ2n) is 5.30. The molecular formula is C21H14K2O3. The van der Waals surface area contributed by atoms with Crippen molar-refractivity contribution in [3.63, 3.8) is 0 Å². The van der Waals surface area contributed by atoms with Crippen molar-refractivity contribution in [2.45, 2.75) is 0 Å². The van der Waals surface area contributed by atoms with Crippen molar-refractivity contribution < 1.29 is 118 Å². The topological polar surface area (TPSA) is 63.2 Å². The summed E-state index contributed by atoms with van der Waals surface area (Å²) in [6.07, 6.45) is -2.33. The molecule has 0 aliphatic heterocycles. The van der Waals surface area contributed by atoms with E-state index in [1.165, 1.54) is 32.7 Å². The van der Waals surface area contributed by atoms with Crippen LogP contribution in [0.1, 0.15) is 0 Å². The van der Waals surface area contributed by atoms with Crippen LogP contribution in [0.5, 0.6) is 0 Å². The molecule has 5 heteroatoms. The molecule has 0 aliphatic rings. The van der Waals surface area contributed by atoms with Crippen LogP contribution in [0.25, 0.3) is 32.7 Å². The largest absolute Gasteiger partial charge is 1.00 e. The van der Waals surface area contributed by atoms with E-state index in [9.17, 15) is 0 Å². The van der Waals surface area contributed by atoms with Crippen molar-refractivity contribution in [1.29, 1.82) is 0 Å². The zero-order valence-corrected chi connectivity index (χ0v) is 21.1. The van der Waals surface area contributed by atoms with Gasteiger partial charge in [0, 0.05) is 0 Å². The van der Waals surface area contributed by atoms with E-state index in [4.69, 9.17) is 15.0 Å². The normalized spacial score (nSPS) is 9.38. The number of fused-ring (bicyclic) bond motifs is 2. The third-order valence-corrected chi connectivity index (χ3v) is 3.87. The van der Waals surface area contributed by atoms with Crippen molar-refractivity contribution in [3.8, 4) is 11.1 Å². The van der Waals surface area contributed by atoms with Gasteiger partial charge in [-0.1, -0.05) is 84.9 Å². The van der Waals surface area contributed by atoms with Crippen molar-refractivity contribution in [1.82, 2.24) is 0 Å². The van der Waals surface area contributed by atoms with E-state index in [2.05, 4.69) is 84.9 Å². The molecule has 0 amide bonds. The predicted octanol–water partition coefficient (Wildman–Crippen LogP) is -2.78. The van der Waals surface area contributed by atoms with Crippen molar-refractivity contribution >= 4 is 27.7 Å². The Kier molecular flexibility index (Phi) is 10.8. The second-order valence-corrected chi connectivity index (χ2v) is 5.30. The number of hydrogen-bond donors (Lipinski definition) is 0. The van der Waals surface area contributed by atoms with Gasteiger partial charge >= 0.3 is 103 Å². The van der Waals surface area contributed by atoms with E-state index >= 15 is 0 Å². The number of carboxylic acid groups (broad SMARTS) is 2. The van der Waals surface area contributed by atoms with Gasteiger partial charge in [-0.2, -0.15) is 0 Å². The fraction of sp³-hybridized carbons (Fsp3) is 0. The minimum atomic E-state index is -2.33. The van der Waals surface area contributed by atoms with Crippen LogP contribution in [0.2, 0.25) is 0 Å². The summed E-state index contributed by atoms with van der Waals surface area (Å²) in [6, 6.07) is 30.2. The quantitative estimate of drug-likeness (QED) is 0.329. The molecule has 0 bridgehead atoms. The minimum absolute atomic E-state index is 0. The molecule has 0 saturated heterocycles. The molecule has 0 N–H and O–H groups in total. The van der Waals surface area contributed by atoms with Gasteiger partial charge in [0.2, 0.25) is 0 Å². The average Bonchev–Trinajstić information content (AvgIpc) is 2.60. The first kappa shape index (κ1) is 24.0. The molecule has 0 aliphatic carbocycles. The zero-order valence-electron chi connectivity index (χ0n) is 14.8. The number of rotatable bonds is 1. The molecular weight excluding hydrogens is 378 g/mol. The first-order valence-corrected chi connectivity index (χ1v) is 7.51. The number of benzene rings is 4. The van der Waals surface area contributed by atoms with Gasteiger partial charge in [-0.3, -0.25) is 0 Å². The Hall–Kier alpha value is -0.0573. The Morgan fingerprint density at radius 1 is 0.538 bits per heavy atom. The van der Waals surface area contributed by atoms with Gasteiger partial charge in [-0.15, -0.1) is 0 Å². The van der Waals surface area contributed by atoms with E-state index in [0.29, 0.717) is 0 Å². The summed E-state index contributed by atoms with van der Waals surface area (Å²) in [5.41, 5.74) is 2.61. The molecule has 4 rings (SSSR count).